The standard InChI is InChI=1S/C21H17Cl2N3O4/c1-30-21(27)18-17(12-4-8-14(23)9-5-12)20(26(28)29)16(15(10-24)19(18)25)11-2-6-13(22)7-3-11/h2-9,15-17,20H,25H2,1H3. The molecule has 0 aromatic heterocycles. The molecule has 0 fully saturated rings. The Morgan fingerprint density at radius 1 is 1.10 bits per heavy atom. The van der Waals surface area contributed by atoms with Crippen LogP contribution in [-0.4, -0.2) is 24.0 Å². The molecular weight excluding hydrogens is 429 g/mol. The van der Waals surface area contributed by atoms with Gasteiger partial charge in [0, 0.05) is 20.7 Å². The van der Waals surface area contributed by atoms with E-state index in [2.05, 4.69) is 0 Å². The van der Waals surface area contributed by atoms with Crippen molar-refractivity contribution in [3.05, 3.63) is 91.1 Å². The molecule has 9 heteroatoms. The van der Waals surface area contributed by atoms with Crippen molar-refractivity contribution in [1.29, 1.82) is 5.26 Å². The van der Waals surface area contributed by atoms with Crippen LogP contribution in [0.25, 0.3) is 0 Å². The van der Waals surface area contributed by atoms with Gasteiger partial charge in [0.25, 0.3) is 0 Å². The van der Waals surface area contributed by atoms with Gasteiger partial charge in [-0.05, 0) is 35.4 Å². The topological polar surface area (TPSA) is 119 Å². The lowest BCUT2D eigenvalue weighted by Gasteiger charge is -2.37. The van der Waals surface area contributed by atoms with Crippen molar-refractivity contribution in [2.75, 3.05) is 7.11 Å². The van der Waals surface area contributed by atoms with Crippen LogP contribution in [0.5, 0.6) is 0 Å². The summed E-state index contributed by atoms with van der Waals surface area (Å²) in [6.07, 6.45) is 0. The molecule has 0 saturated carbocycles. The van der Waals surface area contributed by atoms with Crippen LogP contribution in [0.15, 0.2) is 59.8 Å². The number of methoxy groups -OCH3 is 1. The molecule has 2 N–H and O–H groups in total. The minimum atomic E-state index is -1.35. The van der Waals surface area contributed by atoms with E-state index in [9.17, 15) is 20.2 Å². The zero-order valence-corrected chi connectivity index (χ0v) is 17.3. The molecule has 7 nitrogen and oxygen atoms in total. The summed E-state index contributed by atoms with van der Waals surface area (Å²) in [5.41, 5.74) is 7.14. The smallest absolute Gasteiger partial charge is 0.336 e. The predicted molar refractivity (Wildman–Crippen MR) is 112 cm³/mol. The van der Waals surface area contributed by atoms with Crippen molar-refractivity contribution >= 4 is 29.2 Å². The molecule has 2 aromatic carbocycles. The van der Waals surface area contributed by atoms with Gasteiger partial charge < -0.3 is 10.5 Å². The average molecular weight is 446 g/mol. The maximum absolute atomic E-state index is 12.6. The number of hydrogen-bond acceptors (Lipinski definition) is 6. The molecule has 30 heavy (non-hydrogen) atoms. The van der Waals surface area contributed by atoms with Crippen LogP contribution in [0, 0.1) is 27.4 Å². The third-order valence-electron chi connectivity index (χ3n) is 5.30. The number of esters is 1. The highest BCUT2D eigenvalue weighted by atomic mass is 35.5. The number of nitrogens with zero attached hydrogens (tertiary/aromatic N) is 2. The number of hydrogen-bond donors (Lipinski definition) is 1. The number of allylic oxidation sites excluding steroid dienone is 1. The molecule has 0 amide bonds. The van der Waals surface area contributed by atoms with Crippen LogP contribution in [-0.2, 0) is 9.53 Å². The lowest BCUT2D eigenvalue weighted by atomic mass is 9.65. The number of benzene rings is 2. The Bertz CT molecular complexity index is 1050. The third-order valence-corrected chi connectivity index (χ3v) is 5.80. The lowest BCUT2D eigenvalue weighted by molar-refractivity contribution is -0.531. The Balaban J connectivity index is 2.32. The van der Waals surface area contributed by atoms with Crippen LogP contribution in [0.2, 0.25) is 10.0 Å². The van der Waals surface area contributed by atoms with Crippen LogP contribution in [0.1, 0.15) is 23.0 Å². The second-order valence-corrected chi connectivity index (χ2v) is 7.72. The van der Waals surface area contributed by atoms with E-state index in [1.54, 1.807) is 48.5 Å². The van der Waals surface area contributed by atoms with Gasteiger partial charge in [-0.3, -0.25) is 10.1 Å². The van der Waals surface area contributed by atoms with Gasteiger partial charge in [0.05, 0.1) is 36.5 Å². The number of rotatable bonds is 4. The third kappa shape index (κ3) is 3.84. The van der Waals surface area contributed by atoms with E-state index < -0.39 is 34.7 Å². The van der Waals surface area contributed by atoms with E-state index in [4.69, 9.17) is 33.7 Å². The Labute approximate surface area is 182 Å². The summed E-state index contributed by atoms with van der Waals surface area (Å²) in [7, 11) is 1.16. The average Bonchev–Trinajstić information content (AvgIpc) is 2.73. The van der Waals surface area contributed by atoms with Crippen molar-refractivity contribution in [3.63, 3.8) is 0 Å². The molecule has 0 heterocycles. The summed E-state index contributed by atoms with van der Waals surface area (Å²) in [6.45, 7) is 0. The SMILES string of the molecule is COC(=O)C1=C(N)C(C#N)C(c2ccc(Cl)cc2)C([N+](=O)[O-])C1c1ccc(Cl)cc1. The number of carbonyl (C=O) groups excluding carboxylic acids is 1. The zero-order chi connectivity index (χ0) is 22.0. The van der Waals surface area contributed by atoms with E-state index in [-0.39, 0.29) is 11.3 Å². The van der Waals surface area contributed by atoms with E-state index in [1.165, 1.54) is 0 Å². The maximum Gasteiger partial charge on any atom is 0.336 e. The monoisotopic (exact) mass is 445 g/mol. The van der Waals surface area contributed by atoms with E-state index in [0.717, 1.165) is 7.11 Å². The molecule has 0 radical (unpaired) electrons. The van der Waals surface area contributed by atoms with Gasteiger partial charge in [-0.15, -0.1) is 0 Å². The highest BCUT2D eigenvalue weighted by Crippen LogP contribution is 2.48. The molecule has 154 valence electrons. The highest BCUT2D eigenvalue weighted by Gasteiger charge is 2.54. The summed E-state index contributed by atoms with van der Waals surface area (Å²) in [6, 6.07) is 13.5. The Hall–Kier alpha value is -3.08. The summed E-state index contributed by atoms with van der Waals surface area (Å²) in [5, 5.41) is 23.0. The van der Waals surface area contributed by atoms with Crippen molar-refractivity contribution in [2.45, 2.75) is 17.9 Å². The van der Waals surface area contributed by atoms with E-state index in [0.29, 0.717) is 21.2 Å². The fraction of sp³-hybridized carbons (Fsp3) is 0.238. The summed E-state index contributed by atoms with van der Waals surface area (Å²) < 4.78 is 4.86. The van der Waals surface area contributed by atoms with Gasteiger partial charge in [-0.2, -0.15) is 5.26 Å². The van der Waals surface area contributed by atoms with E-state index in [1.807, 2.05) is 6.07 Å². The second-order valence-electron chi connectivity index (χ2n) is 6.85. The lowest BCUT2D eigenvalue weighted by Crippen LogP contribution is -2.46. The summed E-state index contributed by atoms with van der Waals surface area (Å²) in [4.78, 5) is 24.4. The van der Waals surface area contributed by atoms with Crippen LogP contribution in [0.4, 0.5) is 0 Å². The molecule has 0 spiro atoms. The minimum Gasteiger partial charge on any atom is -0.466 e. The number of nitrogens with two attached hydrogens (primary N) is 1. The first-order valence-electron chi connectivity index (χ1n) is 8.92. The van der Waals surface area contributed by atoms with Gasteiger partial charge in [0.1, 0.15) is 0 Å². The van der Waals surface area contributed by atoms with Gasteiger partial charge in [-0.25, -0.2) is 4.79 Å². The molecule has 1 aliphatic carbocycles. The summed E-state index contributed by atoms with van der Waals surface area (Å²) in [5.74, 6) is -3.85. The molecule has 0 saturated heterocycles. The van der Waals surface area contributed by atoms with Crippen LogP contribution >= 0.6 is 23.2 Å². The number of carbonyl (C=O) groups is 1. The Kier molecular flexibility index (Phi) is 6.30. The minimum absolute atomic E-state index is 0.0395. The molecular formula is C21H17Cl2N3O4. The van der Waals surface area contributed by atoms with E-state index >= 15 is 0 Å². The van der Waals surface area contributed by atoms with Gasteiger partial charge >= 0.3 is 5.97 Å². The predicted octanol–water partition coefficient (Wildman–Crippen LogP) is 4.05. The molecule has 0 aliphatic heterocycles. The number of ether oxygens (including phenoxy) is 1. The van der Waals surface area contributed by atoms with Gasteiger partial charge in [0.2, 0.25) is 6.04 Å². The highest BCUT2D eigenvalue weighted by molar-refractivity contribution is 6.30. The van der Waals surface area contributed by atoms with Gasteiger partial charge in [0.15, 0.2) is 0 Å². The van der Waals surface area contributed by atoms with Gasteiger partial charge in [-0.1, -0.05) is 47.5 Å². The quantitative estimate of drug-likeness (QED) is 0.430. The second kappa shape index (κ2) is 8.74. The first-order chi connectivity index (χ1) is 14.3. The maximum atomic E-state index is 12.6. The van der Waals surface area contributed by atoms with Crippen LogP contribution < -0.4 is 5.73 Å². The number of halogens is 2. The molecule has 2 aromatic rings. The zero-order valence-electron chi connectivity index (χ0n) is 15.8. The van der Waals surface area contributed by atoms with Crippen molar-refractivity contribution in [3.8, 4) is 6.07 Å². The summed E-state index contributed by atoms with van der Waals surface area (Å²) >= 11 is 11.9. The Morgan fingerprint density at radius 2 is 1.60 bits per heavy atom. The molecule has 4 atom stereocenters. The molecule has 0 bridgehead atoms. The molecule has 4 unspecified atom stereocenters. The molecule has 1 aliphatic rings. The Morgan fingerprint density at radius 3 is 2.03 bits per heavy atom. The molecule has 3 rings (SSSR count). The fourth-order valence-electron chi connectivity index (χ4n) is 3.98. The number of nitriles is 1. The van der Waals surface area contributed by atoms with Crippen LogP contribution in [0.3, 0.4) is 0 Å². The first kappa shape index (κ1) is 21.6. The number of nitro groups is 1. The first-order valence-corrected chi connectivity index (χ1v) is 9.67. The normalized spacial score (nSPS) is 23.5. The fourth-order valence-corrected chi connectivity index (χ4v) is 4.23. The van der Waals surface area contributed by atoms with Crippen molar-refractivity contribution < 1.29 is 14.5 Å². The van der Waals surface area contributed by atoms with Crippen molar-refractivity contribution in [2.24, 2.45) is 11.7 Å². The largest absolute Gasteiger partial charge is 0.466 e. The van der Waals surface area contributed by atoms with Crippen molar-refractivity contribution in [1.82, 2.24) is 0 Å².